The van der Waals surface area contributed by atoms with E-state index in [2.05, 4.69) is 24.0 Å². The molecule has 0 aliphatic carbocycles. The second-order valence-corrected chi connectivity index (χ2v) is 7.14. The number of methoxy groups -OCH3 is 1. The molecule has 0 N–H and O–H groups in total. The summed E-state index contributed by atoms with van der Waals surface area (Å²) in [5.41, 5.74) is 4.25. The quantitative estimate of drug-likeness (QED) is 0.484. The molecule has 0 fully saturated rings. The molecule has 0 saturated carbocycles. The van der Waals surface area contributed by atoms with E-state index in [1.54, 1.807) is 19.2 Å². The largest absolute Gasteiger partial charge is 0.424 e. The number of hydrogen-bond acceptors (Lipinski definition) is 4. The first kappa shape index (κ1) is 18.3. The summed E-state index contributed by atoms with van der Waals surface area (Å²) in [4.78, 5) is 15.7. The highest BCUT2D eigenvalue weighted by atomic mass is 16.6. The molecule has 0 saturated heterocycles. The van der Waals surface area contributed by atoms with Crippen molar-refractivity contribution in [2.45, 2.75) is 19.4 Å². The smallest absolute Gasteiger partial charge is 0.353 e. The number of fused-ring (bicyclic) bond motifs is 2. The van der Waals surface area contributed by atoms with Gasteiger partial charge in [0.05, 0.1) is 0 Å². The lowest BCUT2D eigenvalue weighted by molar-refractivity contribution is -0.155. The maximum atomic E-state index is 13.6. The number of esters is 1. The third-order valence-electron chi connectivity index (χ3n) is 5.36. The number of ether oxygens (including phenoxy) is 2. The van der Waals surface area contributed by atoms with Gasteiger partial charge in [-0.05, 0) is 49.2 Å². The predicted molar refractivity (Wildman–Crippen MR) is 110 cm³/mol. The van der Waals surface area contributed by atoms with Crippen LogP contribution < -0.4 is 9.64 Å². The minimum atomic E-state index is -1.34. The van der Waals surface area contributed by atoms with E-state index in [1.165, 1.54) is 0 Å². The van der Waals surface area contributed by atoms with Crippen LogP contribution in [0, 0.1) is 13.8 Å². The van der Waals surface area contributed by atoms with Gasteiger partial charge in [-0.25, -0.2) is 4.79 Å². The van der Waals surface area contributed by atoms with Gasteiger partial charge in [0.2, 0.25) is 5.60 Å². The molecule has 0 spiro atoms. The molecule has 28 heavy (non-hydrogen) atoms. The number of anilines is 2. The SMILES string of the molecule is COC1(C(=O)Oc2ccccc2)c2ccccc2N(C)c2cc(C)cc(C)c21. The van der Waals surface area contributed by atoms with E-state index in [4.69, 9.17) is 9.47 Å². The second-order valence-electron chi connectivity index (χ2n) is 7.14. The van der Waals surface area contributed by atoms with Crippen molar-refractivity contribution in [2.24, 2.45) is 0 Å². The molecular formula is C24H23NO3. The second kappa shape index (κ2) is 6.80. The van der Waals surface area contributed by atoms with Crippen LogP contribution in [0.1, 0.15) is 22.3 Å². The molecule has 1 atom stereocenters. The highest BCUT2D eigenvalue weighted by Crippen LogP contribution is 2.51. The van der Waals surface area contributed by atoms with E-state index in [1.807, 2.05) is 56.4 Å². The van der Waals surface area contributed by atoms with Crippen molar-refractivity contribution in [3.05, 3.63) is 89.0 Å². The van der Waals surface area contributed by atoms with Gasteiger partial charge in [0.25, 0.3) is 0 Å². The molecule has 4 nitrogen and oxygen atoms in total. The van der Waals surface area contributed by atoms with E-state index < -0.39 is 11.6 Å². The summed E-state index contributed by atoms with van der Waals surface area (Å²) in [5.74, 6) is 0.0431. The Bertz CT molecular complexity index is 1040. The zero-order valence-electron chi connectivity index (χ0n) is 16.5. The molecule has 3 aromatic carbocycles. The molecule has 0 aromatic heterocycles. The molecule has 1 heterocycles. The lowest BCUT2D eigenvalue weighted by Crippen LogP contribution is -2.46. The van der Waals surface area contributed by atoms with Crippen LogP contribution in [0.2, 0.25) is 0 Å². The minimum absolute atomic E-state index is 0.449. The number of aryl methyl sites for hydroxylation is 2. The fourth-order valence-electron chi connectivity index (χ4n) is 4.17. The van der Waals surface area contributed by atoms with Crippen LogP contribution in [-0.4, -0.2) is 20.1 Å². The molecule has 142 valence electrons. The van der Waals surface area contributed by atoms with E-state index in [-0.39, 0.29) is 0 Å². The van der Waals surface area contributed by atoms with Gasteiger partial charge >= 0.3 is 5.97 Å². The lowest BCUT2D eigenvalue weighted by atomic mass is 9.78. The van der Waals surface area contributed by atoms with Crippen molar-refractivity contribution in [2.75, 3.05) is 19.1 Å². The maximum Gasteiger partial charge on any atom is 0.353 e. The average Bonchev–Trinajstić information content (AvgIpc) is 2.70. The Hall–Kier alpha value is -3.11. The Morgan fingerprint density at radius 1 is 0.929 bits per heavy atom. The average molecular weight is 373 g/mol. The summed E-state index contributed by atoms with van der Waals surface area (Å²) in [6.45, 7) is 4.07. The molecule has 4 rings (SSSR count). The first-order valence-corrected chi connectivity index (χ1v) is 9.26. The standard InChI is InChI=1S/C24H23NO3/c1-16-14-17(2)22-21(15-16)25(3)20-13-9-8-12-19(20)24(22,27-4)23(26)28-18-10-6-5-7-11-18/h5-15H,1-4H3. The first-order valence-electron chi connectivity index (χ1n) is 9.26. The maximum absolute atomic E-state index is 13.6. The van der Waals surface area contributed by atoms with Gasteiger partial charge in [-0.2, -0.15) is 0 Å². The van der Waals surface area contributed by atoms with Crippen molar-refractivity contribution in [3.63, 3.8) is 0 Å². The molecule has 1 unspecified atom stereocenters. The summed E-state index contributed by atoms with van der Waals surface area (Å²) < 4.78 is 11.8. The third kappa shape index (κ3) is 2.60. The van der Waals surface area contributed by atoms with Crippen molar-refractivity contribution < 1.29 is 14.3 Å². The normalized spacial score (nSPS) is 17.6. The summed E-state index contributed by atoms with van der Waals surface area (Å²) in [6.07, 6.45) is 0. The summed E-state index contributed by atoms with van der Waals surface area (Å²) in [6, 6.07) is 21.1. The fraction of sp³-hybridized carbons (Fsp3) is 0.208. The molecule has 0 amide bonds. The van der Waals surface area contributed by atoms with Crippen LogP contribution in [0.25, 0.3) is 0 Å². The molecule has 0 radical (unpaired) electrons. The van der Waals surface area contributed by atoms with Gasteiger partial charge in [-0.1, -0.05) is 42.5 Å². The van der Waals surface area contributed by atoms with E-state index in [0.29, 0.717) is 5.75 Å². The Morgan fingerprint density at radius 3 is 2.32 bits per heavy atom. The number of benzene rings is 3. The summed E-state index contributed by atoms with van der Waals surface area (Å²) in [7, 11) is 3.58. The molecule has 1 aliphatic heterocycles. The summed E-state index contributed by atoms with van der Waals surface area (Å²) in [5, 5.41) is 0. The van der Waals surface area contributed by atoms with E-state index in [9.17, 15) is 4.79 Å². The third-order valence-corrected chi connectivity index (χ3v) is 5.36. The zero-order chi connectivity index (χ0) is 19.9. The molecule has 3 aromatic rings. The number of rotatable bonds is 3. The number of para-hydroxylation sites is 2. The number of nitrogens with zero attached hydrogens (tertiary/aromatic N) is 1. The van der Waals surface area contributed by atoms with Crippen LogP contribution in [0.3, 0.4) is 0 Å². The molecular weight excluding hydrogens is 350 g/mol. The van der Waals surface area contributed by atoms with Gasteiger partial charge in [0, 0.05) is 36.7 Å². The fourth-order valence-corrected chi connectivity index (χ4v) is 4.17. The number of carbonyl (C=O) groups excluding carboxylic acids is 1. The van der Waals surface area contributed by atoms with Crippen molar-refractivity contribution >= 4 is 17.3 Å². The van der Waals surface area contributed by atoms with Gasteiger partial charge in [-0.15, -0.1) is 0 Å². The van der Waals surface area contributed by atoms with Crippen molar-refractivity contribution in [3.8, 4) is 5.75 Å². The van der Waals surface area contributed by atoms with E-state index >= 15 is 0 Å². The molecule has 4 heteroatoms. The van der Waals surface area contributed by atoms with Crippen molar-refractivity contribution in [1.82, 2.24) is 0 Å². The first-order chi connectivity index (χ1) is 13.5. The van der Waals surface area contributed by atoms with Crippen LogP contribution in [0.4, 0.5) is 11.4 Å². The monoisotopic (exact) mass is 373 g/mol. The van der Waals surface area contributed by atoms with Gasteiger partial charge in [-0.3, -0.25) is 0 Å². The Kier molecular flexibility index (Phi) is 4.44. The lowest BCUT2D eigenvalue weighted by Gasteiger charge is -2.42. The van der Waals surface area contributed by atoms with E-state index in [0.717, 1.165) is 33.6 Å². The van der Waals surface area contributed by atoms with Crippen LogP contribution >= 0.6 is 0 Å². The molecule has 0 bridgehead atoms. The Labute approximate surface area is 165 Å². The zero-order valence-corrected chi connectivity index (χ0v) is 16.5. The van der Waals surface area contributed by atoms with Gasteiger partial charge in [0.1, 0.15) is 5.75 Å². The molecule has 1 aliphatic rings. The van der Waals surface area contributed by atoms with Gasteiger partial charge < -0.3 is 14.4 Å². The Balaban J connectivity index is 1.99. The van der Waals surface area contributed by atoms with Gasteiger partial charge in [0.15, 0.2) is 0 Å². The number of hydrogen-bond donors (Lipinski definition) is 0. The highest BCUT2D eigenvalue weighted by Gasteiger charge is 2.51. The predicted octanol–water partition coefficient (Wildman–Crippen LogP) is 4.88. The highest BCUT2D eigenvalue weighted by molar-refractivity contribution is 5.96. The van der Waals surface area contributed by atoms with Crippen molar-refractivity contribution in [1.29, 1.82) is 0 Å². The summed E-state index contributed by atoms with van der Waals surface area (Å²) >= 11 is 0. The van der Waals surface area contributed by atoms with Crippen LogP contribution in [0.5, 0.6) is 5.75 Å². The van der Waals surface area contributed by atoms with Crippen LogP contribution in [-0.2, 0) is 15.1 Å². The minimum Gasteiger partial charge on any atom is -0.424 e. The topological polar surface area (TPSA) is 38.8 Å². The number of carbonyl (C=O) groups is 1. The van der Waals surface area contributed by atoms with Crippen LogP contribution in [0.15, 0.2) is 66.7 Å². The Morgan fingerprint density at radius 2 is 1.61 bits per heavy atom.